The second-order valence-corrected chi connectivity index (χ2v) is 18.9. The highest BCUT2D eigenvalue weighted by atomic mass is 127. The average molecular weight is 1460 g/mol. The molecule has 2 N–H and O–H groups in total. The number of benzene rings is 4. The van der Waals surface area contributed by atoms with Crippen LogP contribution >= 0.6 is 77.0 Å². The van der Waals surface area contributed by atoms with E-state index < -0.39 is 143 Å². The third kappa shape index (κ3) is 15.1. The summed E-state index contributed by atoms with van der Waals surface area (Å²) in [5.41, 5.74) is -1.87. The van der Waals surface area contributed by atoms with E-state index in [0.717, 1.165) is 81.5 Å². The van der Waals surface area contributed by atoms with Crippen molar-refractivity contribution in [2.75, 3.05) is 10.6 Å². The molecule has 0 unspecified atom stereocenters. The lowest BCUT2D eigenvalue weighted by Crippen LogP contribution is -2.21. The quantitative estimate of drug-likeness (QED) is 0.0611. The Hall–Kier alpha value is -6.28. The third-order valence-electron chi connectivity index (χ3n) is 10.2. The van der Waals surface area contributed by atoms with Gasteiger partial charge in [0, 0.05) is 49.6 Å². The van der Waals surface area contributed by atoms with Crippen LogP contribution in [-0.4, -0.2) is 31.8 Å². The first kappa shape index (κ1) is 62.6. The lowest BCUT2D eigenvalue weighted by molar-refractivity contribution is 0.100. The van der Waals surface area contributed by atoms with E-state index in [2.05, 4.69) is 100 Å². The maximum Gasteiger partial charge on any atom is 0.262 e. The second kappa shape index (κ2) is 28.6. The number of carbonyl (C=O) groups is 2. The van der Waals surface area contributed by atoms with Crippen molar-refractivity contribution in [1.29, 1.82) is 0 Å². The van der Waals surface area contributed by atoms with Gasteiger partial charge in [-0.2, -0.15) is 0 Å². The highest BCUT2D eigenvalue weighted by Crippen LogP contribution is 2.35. The van der Waals surface area contributed by atoms with E-state index in [0.29, 0.717) is 0 Å². The van der Waals surface area contributed by atoms with Gasteiger partial charge in [0.25, 0.3) is 11.8 Å². The number of aryl methyl sites for hydroxylation is 4. The maximum atomic E-state index is 13.7. The minimum absolute atomic E-state index is 0.921. The van der Waals surface area contributed by atoms with Gasteiger partial charge in [0.2, 0.25) is 0 Å². The summed E-state index contributed by atoms with van der Waals surface area (Å²) in [5, 5.41) is 2.31. The molecule has 78 heavy (non-hydrogen) atoms. The number of hydrogen-bond donors (Lipinski definition) is 2. The van der Waals surface area contributed by atoms with Crippen LogP contribution in [0.1, 0.15) is 43.0 Å². The van der Waals surface area contributed by atoms with Crippen LogP contribution in [0, 0.1) is 100 Å². The highest BCUT2D eigenvalue weighted by molar-refractivity contribution is 14.1. The molecule has 4 aromatic heterocycles. The Balaban J connectivity index is 0.000000198. The fraction of sp³-hybridized carbons (Fsp3) is 0.0800. The van der Waals surface area contributed by atoms with Gasteiger partial charge in [-0.1, -0.05) is 0 Å². The molecule has 8 nitrogen and oxygen atoms in total. The molecule has 0 saturated carbocycles. The predicted octanol–water partition coefficient (Wildman–Crippen LogP) is 15.4. The number of hydrogen-bond acceptors (Lipinski definition) is 6. The van der Waals surface area contributed by atoms with Crippen molar-refractivity contribution < 1.29 is 79.8 Å². The van der Waals surface area contributed by atoms with Gasteiger partial charge < -0.3 is 10.6 Å². The SMILES string of the molecule is O=C(Nc1c(F)c(F)c(Br)c(F)c1F)c1c(F)c(F)c(I)c(F)c1F.O=C(Nc1c(F)c(F)c(Br)c(F)c1F)c1c(F)c(F)c(I)c(F)c1F.c1cc(CCc2ccncc2)ccn1.c1cc(CCc2ccncc2)ccn1. The van der Waals surface area contributed by atoms with Gasteiger partial charge in [0.15, 0.2) is 93.1 Å². The fourth-order valence-electron chi connectivity index (χ4n) is 6.17. The van der Waals surface area contributed by atoms with Crippen LogP contribution in [-0.2, 0) is 25.7 Å². The number of aromatic nitrogens is 4. The first-order valence-electron chi connectivity index (χ1n) is 21.1. The van der Waals surface area contributed by atoms with E-state index in [9.17, 15) is 79.8 Å². The first-order valence-corrected chi connectivity index (χ1v) is 24.9. The Morgan fingerprint density at radius 3 is 0.718 bits per heavy atom. The third-order valence-corrected chi connectivity index (χ3v) is 13.5. The van der Waals surface area contributed by atoms with Crippen LogP contribution in [0.3, 0.4) is 0 Å². The Morgan fingerprint density at radius 2 is 0.526 bits per heavy atom. The van der Waals surface area contributed by atoms with Gasteiger partial charge >= 0.3 is 0 Å². The monoisotopic (exact) mass is 1460 g/mol. The molecular weight excluding hydrogens is 1430 g/mol. The Labute approximate surface area is 473 Å². The van der Waals surface area contributed by atoms with Crippen LogP contribution < -0.4 is 10.6 Å². The van der Waals surface area contributed by atoms with Gasteiger partial charge in [0.05, 0.1) is 16.1 Å². The summed E-state index contributed by atoms with van der Waals surface area (Å²) >= 11 is 6.27. The lowest BCUT2D eigenvalue weighted by Gasteiger charge is -2.12. The van der Waals surface area contributed by atoms with E-state index in [-0.39, 0.29) is 0 Å². The molecule has 4 aromatic carbocycles. The lowest BCUT2D eigenvalue weighted by atomic mass is 10.1. The minimum Gasteiger partial charge on any atom is -0.317 e. The van der Waals surface area contributed by atoms with Gasteiger partial charge in [-0.25, -0.2) is 70.2 Å². The molecule has 0 aliphatic carbocycles. The molecule has 0 atom stereocenters. The smallest absolute Gasteiger partial charge is 0.262 e. The molecule has 8 rings (SSSR count). The normalized spacial score (nSPS) is 10.6. The molecule has 28 heteroatoms. The molecule has 0 aliphatic heterocycles. The Morgan fingerprint density at radius 1 is 0.333 bits per heavy atom. The van der Waals surface area contributed by atoms with Crippen LogP contribution in [0.25, 0.3) is 0 Å². The van der Waals surface area contributed by atoms with Gasteiger partial charge in [0.1, 0.15) is 22.5 Å². The minimum atomic E-state index is -2.15. The van der Waals surface area contributed by atoms with Gasteiger partial charge in [-0.15, -0.1) is 0 Å². The molecule has 0 radical (unpaired) electrons. The van der Waals surface area contributed by atoms with Crippen LogP contribution in [0.5, 0.6) is 0 Å². The standard InChI is InChI=1S/2C13HBrF8INO.2C12H12N2/c2*14-2-5(17)9(21)12(10(22)6(2)18)24-13(25)1-3(15)7(19)11(23)8(20)4(1)16;2*1(11-3-7-13-8-4-11)2-12-5-9-14-10-6-12/h2*(H,24,25);2*3-10H,1-2H2. The topological polar surface area (TPSA) is 110 Å². The van der Waals surface area contributed by atoms with Crippen LogP contribution in [0.15, 0.2) is 107 Å². The van der Waals surface area contributed by atoms with E-state index in [1.807, 2.05) is 49.6 Å². The van der Waals surface area contributed by atoms with Crippen molar-refractivity contribution >= 4 is 100 Å². The van der Waals surface area contributed by atoms with Crippen molar-refractivity contribution in [3.05, 3.63) is 241 Å². The zero-order valence-corrected chi connectivity index (χ0v) is 45.7. The molecular formula is C50H26Br2F16I2N6O2. The molecule has 8 aromatic rings. The molecule has 0 fully saturated rings. The summed E-state index contributed by atoms with van der Waals surface area (Å²) < 4.78 is 212. The number of anilines is 2. The van der Waals surface area contributed by atoms with Crippen molar-refractivity contribution in [2.45, 2.75) is 25.7 Å². The number of amides is 2. The number of rotatable bonds is 10. The number of carbonyl (C=O) groups excluding carboxylic acids is 2. The Bertz CT molecular complexity index is 3060. The molecule has 0 saturated heterocycles. The molecule has 0 aliphatic rings. The van der Waals surface area contributed by atoms with Crippen LogP contribution in [0.4, 0.5) is 81.6 Å². The summed E-state index contributed by atoms with van der Waals surface area (Å²) in [5.74, 6) is -36.7. The summed E-state index contributed by atoms with van der Waals surface area (Å²) in [6.45, 7) is 0. The zero-order chi connectivity index (χ0) is 57.7. The summed E-state index contributed by atoms with van der Waals surface area (Å²) in [7, 11) is 0. The predicted molar refractivity (Wildman–Crippen MR) is 274 cm³/mol. The van der Waals surface area contributed by atoms with E-state index in [4.69, 9.17) is 0 Å². The zero-order valence-electron chi connectivity index (χ0n) is 38.2. The number of nitrogens with zero attached hydrogens (tertiary/aromatic N) is 4. The highest BCUT2D eigenvalue weighted by Gasteiger charge is 2.33. The number of nitrogens with one attached hydrogen (secondary N) is 2. The summed E-state index contributed by atoms with van der Waals surface area (Å²) in [6.07, 6.45) is 18.9. The van der Waals surface area contributed by atoms with Crippen LogP contribution in [0.2, 0.25) is 0 Å². The maximum absolute atomic E-state index is 13.7. The average Bonchev–Trinajstić information content (AvgIpc) is 3.46. The van der Waals surface area contributed by atoms with Crippen molar-refractivity contribution in [3.63, 3.8) is 0 Å². The fourth-order valence-corrected chi connectivity index (χ4v) is 7.81. The molecule has 0 bridgehead atoms. The largest absolute Gasteiger partial charge is 0.317 e. The summed E-state index contributed by atoms with van der Waals surface area (Å²) in [4.78, 5) is 39.5. The molecule has 2 amide bonds. The molecule has 4 heterocycles. The molecule has 408 valence electrons. The van der Waals surface area contributed by atoms with E-state index in [1.165, 1.54) is 22.3 Å². The van der Waals surface area contributed by atoms with Crippen molar-refractivity contribution in [2.24, 2.45) is 0 Å². The second-order valence-electron chi connectivity index (χ2n) is 15.1. The summed E-state index contributed by atoms with van der Waals surface area (Å²) in [6, 6.07) is 16.5. The Kier molecular flexibility index (Phi) is 22.9. The first-order chi connectivity index (χ1) is 36.9. The van der Waals surface area contributed by atoms with E-state index >= 15 is 0 Å². The van der Waals surface area contributed by atoms with Crippen molar-refractivity contribution in [3.8, 4) is 0 Å². The van der Waals surface area contributed by atoms with Crippen molar-refractivity contribution in [1.82, 2.24) is 19.9 Å². The van der Waals surface area contributed by atoms with E-state index in [1.54, 1.807) is 0 Å². The molecule has 0 spiro atoms. The van der Waals surface area contributed by atoms with Gasteiger partial charge in [-0.05, 0) is 174 Å². The van der Waals surface area contributed by atoms with Gasteiger partial charge in [-0.3, -0.25) is 29.5 Å². The number of pyridine rings is 4. The number of halogens is 20.